The number of hydrogen-bond acceptors (Lipinski definition) is 6. The minimum Gasteiger partial charge on any atom is -0.465 e. The average molecular weight is 352 g/mol. The highest BCUT2D eigenvalue weighted by Crippen LogP contribution is 2.16. The Labute approximate surface area is 146 Å². The summed E-state index contributed by atoms with van der Waals surface area (Å²) in [6, 6.07) is 12.5. The van der Waals surface area contributed by atoms with E-state index in [0.717, 1.165) is 0 Å². The number of aromatic amines is 1. The lowest BCUT2D eigenvalue weighted by atomic mass is 10.1. The van der Waals surface area contributed by atoms with E-state index in [4.69, 9.17) is 5.11 Å². The monoisotopic (exact) mass is 352 g/mol. The fourth-order valence-corrected chi connectivity index (χ4v) is 2.17. The second-order valence-corrected chi connectivity index (χ2v) is 5.11. The molecule has 3 aromatic rings. The number of carboxylic acid groups (broad SMARTS) is 1. The zero-order valence-corrected chi connectivity index (χ0v) is 13.1. The van der Waals surface area contributed by atoms with Gasteiger partial charge in [-0.05, 0) is 35.5 Å². The number of nitrogens with zero attached hydrogens (tertiary/aromatic N) is 3. The second kappa shape index (κ2) is 7.21. The van der Waals surface area contributed by atoms with Crippen LogP contribution in [0.5, 0.6) is 0 Å². The van der Waals surface area contributed by atoms with Crippen molar-refractivity contribution in [1.29, 1.82) is 0 Å². The van der Waals surface area contributed by atoms with Gasteiger partial charge in [0.15, 0.2) is 0 Å². The predicted octanol–water partition coefficient (Wildman–Crippen LogP) is 1.53. The van der Waals surface area contributed by atoms with Crippen LogP contribution in [0.4, 0.5) is 10.5 Å². The van der Waals surface area contributed by atoms with Crippen LogP contribution in [0, 0.1) is 0 Å². The Morgan fingerprint density at radius 1 is 0.962 bits per heavy atom. The molecule has 0 aliphatic heterocycles. The Kier molecular flexibility index (Phi) is 4.65. The molecule has 2 aromatic carbocycles. The fourth-order valence-electron chi connectivity index (χ4n) is 2.17. The lowest BCUT2D eigenvalue weighted by Gasteiger charge is -2.07. The van der Waals surface area contributed by atoms with Crippen LogP contribution in [-0.2, 0) is 0 Å². The van der Waals surface area contributed by atoms with Crippen molar-refractivity contribution in [2.75, 3.05) is 5.32 Å². The lowest BCUT2D eigenvalue weighted by Crippen LogP contribution is -2.28. The summed E-state index contributed by atoms with van der Waals surface area (Å²) >= 11 is 0. The Morgan fingerprint density at radius 3 is 2.38 bits per heavy atom. The zero-order chi connectivity index (χ0) is 18.5. The lowest BCUT2D eigenvalue weighted by molar-refractivity contribution is 0.0946. The summed E-state index contributed by atoms with van der Waals surface area (Å²) < 4.78 is 0. The smallest absolute Gasteiger partial charge is 0.411 e. The summed E-state index contributed by atoms with van der Waals surface area (Å²) in [5.41, 5.74) is 1.55. The summed E-state index contributed by atoms with van der Waals surface area (Å²) in [4.78, 5) is 34.5. The van der Waals surface area contributed by atoms with Gasteiger partial charge in [-0.3, -0.25) is 14.9 Å². The molecule has 130 valence electrons. The Bertz CT molecular complexity index is 953. The number of anilines is 1. The quantitative estimate of drug-likeness (QED) is 0.556. The largest absolute Gasteiger partial charge is 0.465 e. The van der Waals surface area contributed by atoms with Crippen LogP contribution in [0.1, 0.15) is 20.7 Å². The highest BCUT2D eigenvalue weighted by Gasteiger charge is 2.12. The van der Waals surface area contributed by atoms with Crippen molar-refractivity contribution in [3.8, 4) is 11.4 Å². The molecule has 1 heterocycles. The van der Waals surface area contributed by atoms with Crippen LogP contribution in [0.15, 0.2) is 48.5 Å². The van der Waals surface area contributed by atoms with E-state index in [1.807, 2.05) is 0 Å². The molecule has 3 rings (SSSR count). The summed E-state index contributed by atoms with van der Waals surface area (Å²) in [5, 5.41) is 26.5. The van der Waals surface area contributed by atoms with Crippen LogP contribution >= 0.6 is 0 Å². The molecule has 0 aliphatic carbocycles. The van der Waals surface area contributed by atoms with Gasteiger partial charge in [0.25, 0.3) is 11.8 Å². The van der Waals surface area contributed by atoms with Crippen molar-refractivity contribution in [3.63, 3.8) is 0 Å². The molecule has 0 aliphatic rings. The SMILES string of the molecule is O=C(O)NC(=O)c1cccc(NC(=O)c2ccc(-c3nn[nH]n3)cc2)c1. The van der Waals surface area contributed by atoms with Gasteiger partial charge in [-0.1, -0.05) is 18.2 Å². The number of aromatic nitrogens is 4. The van der Waals surface area contributed by atoms with E-state index < -0.39 is 12.0 Å². The summed E-state index contributed by atoms with van der Waals surface area (Å²) in [6.07, 6.45) is -1.45. The summed E-state index contributed by atoms with van der Waals surface area (Å²) in [5.74, 6) is -0.757. The molecule has 0 saturated heterocycles. The van der Waals surface area contributed by atoms with Gasteiger partial charge in [0.2, 0.25) is 5.82 Å². The topological polar surface area (TPSA) is 150 Å². The molecule has 3 amide bonds. The molecular formula is C16H12N6O4. The van der Waals surface area contributed by atoms with Crippen LogP contribution in [0.3, 0.4) is 0 Å². The third-order valence-electron chi connectivity index (χ3n) is 3.35. The fraction of sp³-hybridized carbons (Fsp3) is 0. The van der Waals surface area contributed by atoms with Crippen LogP contribution < -0.4 is 10.6 Å². The third-order valence-corrected chi connectivity index (χ3v) is 3.35. The number of benzene rings is 2. The number of hydrogen-bond donors (Lipinski definition) is 4. The van der Waals surface area contributed by atoms with Gasteiger partial charge < -0.3 is 10.4 Å². The predicted molar refractivity (Wildman–Crippen MR) is 89.5 cm³/mol. The van der Waals surface area contributed by atoms with Crippen molar-refractivity contribution in [2.24, 2.45) is 0 Å². The van der Waals surface area contributed by atoms with E-state index in [9.17, 15) is 14.4 Å². The molecule has 10 heteroatoms. The van der Waals surface area contributed by atoms with Crippen molar-refractivity contribution in [1.82, 2.24) is 25.9 Å². The standard InChI is InChI=1S/C16H12N6O4/c23-14(10-6-4-9(5-7-10)13-19-21-22-20-13)17-12-3-1-2-11(8-12)15(24)18-16(25)26/h1-8H,(H,17,23)(H,18,24)(H,25,26)(H,19,20,21,22). The van der Waals surface area contributed by atoms with Crippen molar-refractivity contribution in [2.45, 2.75) is 0 Å². The van der Waals surface area contributed by atoms with E-state index in [1.165, 1.54) is 18.2 Å². The van der Waals surface area contributed by atoms with Crippen LogP contribution in [-0.4, -0.2) is 43.6 Å². The minimum atomic E-state index is -1.45. The maximum absolute atomic E-state index is 12.3. The summed E-state index contributed by atoms with van der Waals surface area (Å²) in [7, 11) is 0. The molecule has 0 spiro atoms. The van der Waals surface area contributed by atoms with Gasteiger partial charge >= 0.3 is 6.09 Å². The number of imide groups is 1. The van der Waals surface area contributed by atoms with Crippen LogP contribution in [0.25, 0.3) is 11.4 Å². The van der Waals surface area contributed by atoms with E-state index in [-0.39, 0.29) is 11.5 Å². The van der Waals surface area contributed by atoms with Crippen molar-refractivity contribution >= 4 is 23.6 Å². The van der Waals surface area contributed by atoms with Gasteiger partial charge in [0.05, 0.1) is 0 Å². The molecule has 0 fully saturated rings. The van der Waals surface area contributed by atoms with Crippen molar-refractivity contribution < 1.29 is 19.5 Å². The molecule has 0 radical (unpaired) electrons. The normalized spacial score (nSPS) is 10.2. The second-order valence-electron chi connectivity index (χ2n) is 5.11. The Hall–Kier alpha value is -4.08. The molecular weight excluding hydrogens is 340 g/mol. The van der Waals surface area contributed by atoms with Gasteiger partial charge in [0.1, 0.15) is 0 Å². The molecule has 0 saturated carbocycles. The number of nitrogens with one attached hydrogen (secondary N) is 3. The third kappa shape index (κ3) is 3.87. The molecule has 0 unspecified atom stereocenters. The zero-order valence-electron chi connectivity index (χ0n) is 13.1. The number of amides is 3. The van der Waals surface area contributed by atoms with Gasteiger partial charge in [-0.25, -0.2) is 4.79 Å². The first-order valence-electron chi connectivity index (χ1n) is 7.32. The van der Waals surface area contributed by atoms with Crippen molar-refractivity contribution in [3.05, 3.63) is 59.7 Å². The first-order valence-corrected chi connectivity index (χ1v) is 7.32. The van der Waals surface area contributed by atoms with Crippen LogP contribution in [0.2, 0.25) is 0 Å². The Morgan fingerprint density at radius 2 is 1.73 bits per heavy atom. The molecule has 0 atom stereocenters. The number of rotatable bonds is 4. The number of carbonyl (C=O) groups is 3. The maximum Gasteiger partial charge on any atom is 0.411 e. The van der Waals surface area contributed by atoms with E-state index in [1.54, 1.807) is 35.6 Å². The molecule has 0 bridgehead atoms. The first-order chi connectivity index (χ1) is 12.5. The Balaban J connectivity index is 1.72. The van der Waals surface area contributed by atoms with Gasteiger partial charge in [-0.15, -0.1) is 10.2 Å². The molecule has 10 nitrogen and oxygen atoms in total. The van der Waals surface area contributed by atoms with E-state index in [0.29, 0.717) is 22.6 Å². The average Bonchev–Trinajstić information content (AvgIpc) is 3.16. The molecule has 4 N–H and O–H groups in total. The summed E-state index contributed by atoms with van der Waals surface area (Å²) in [6.45, 7) is 0. The van der Waals surface area contributed by atoms with E-state index >= 15 is 0 Å². The van der Waals surface area contributed by atoms with Gasteiger partial charge in [-0.2, -0.15) is 5.21 Å². The number of tetrazole rings is 1. The molecule has 26 heavy (non-hydrogen) atoms. The first kappa shape index (κ1) is 16.8. The highest BCUT2D eigenvalue weighted by molar-refractivity contribution is 6.06. The molecule has 1 aromatic heterocycles. The highest BCUT2D eigenvalue weighted by atomic mass is 16.4. The minimum absolute atomic E-state index is 0.109. The maximum atomic E-state index is 12.3. The van der Waals surface area contributed by atoms with Gasteiger partial charge in [0, 0.05) is 22.4 Å². The number of H-pyrrole nitrogens is 1. The van der Waals surface area contributed by atoms with E-state index in [2.05, 4.69) is 25.9 Å². The number of carbonyl (C=O) groups excluding carboxylic acids is 2.